The van der Waals surface area contributed by atoms with Gasteiger partial charge in [-0.1, -0.05) is 109 Å². The highest BCUT2D eigenvalue weighted by molar-refractivity contribution is 5.72. The number of ether oxygens (including phenoxy) is 1. The van der Waals surface area contributed by atoms with Crippen LogP contribution in [0, 0.1) is 5.92 Å². The van der Waals surface area contributed by atoms with Crippen LogP contribution in [-0.4, -0.2) is 5.97 Å². The van der Waals surface area contributed by atoms with E-state index < -0.39 is 0 Å². The average molecular weight is 361 g/mol. The summed E-state index contributed by atoms with van der Waals surface area (Å²) in [7, 11) is 0. The Kier molecular flexibility index (Phi) is 13.9. The van der Waals surface area contributed by atoms with Gasteiger partial charge in [-0.3, -0.25) is 4.79 Å². The summed E-state index contributed by atoms with van der Waals surface area (Å²) in [6, 6.07) is 9.42. The van der Waals surface area contributed by atoms with E-state index in [9.17, 15) is 4.79 Å². The third-order valence-corrected chi connectivity index (χ3v) is 5.16. The topological polar surface area (TPSA) is 26.3 Å². The van der Waals surface area contributed by atoms with Gasteiger partial charge in [-0.2, -0.15) is 0 Å². The molecule has 0 aliphatic heterocycles. The fourth-order valence-electron chi connectivity index (χ4n) is 3.50. The lowest BCUT2D eigenvalue weighted by atomic mass is 9.90. The average Bonchev–Trinajstić information content (AvgIpc) is 2.66. The summed E-state index contributed by atoms with van der Waals surface area (Å²) in [4.78, 5) is 12.1. The van der Waals surface area contributed by atoms with Crippen molar-refractivity contribution >= 4 is 5.97 Å². The summed E-state index contributed by atoms with van der Waals surface area (Å²) in [6.07, 6.45) is 17.4. The molecule has 1 unspecified atom stereocenters. The molecule has 0 saturated carbocycles. The first-order chi connectivity index (χ1) is 12.8. The smallest absolute Gasteiger partial charge is 0.311 e. The number of unbranched alkanes of at least 4 members (excludes halogenated alkanes) is 8. The number of hydrogen-bond acceptors (Lipinski definition) is 2. The molecule has 0 fully saturated rings. The van der Waals surface area contributed by atoms with E-state index in [1.165, 1.54) is 77.0 Å². The second-order valence-electron chi connectivity index (χ2n) is 7.60. The molecule has 0 radical (unpaired) electrons. The lowest BCUT2D eigenvalue weighted by molar-refractivity contribution is -0.134. The zero-order valence-electron chi connectivity index (χ0n) is 17.2. The third-order valence-electron chi connectivity index (χ3n) is 5.16. The summed E-state index contributed by atoms with van der Waals surface area (Å²) in [5.74, 6) is 1.26. The van der Waals surface area contributed by atoms with Crippen LogP contribution in [-0.2, 0) is 4.79 Å². The van der Waals surface area contributed by atoms with Crippen LogP contribution < -0.4 is 4.74 Å². The predicted molar refractivity (Wildman–Crippen MR) is 112 cm³/mol. The van der Waals surface area contributed by atoms with Crippen molar-refractivity contribution in [2.45, 2.75) is 104 Å². The Morgan fingerprint density at radius 3 is 1.92 bits per heavy atom. The summed E-state index contributed by atoms with van der Waals surface area (Å²) in [5, 5.41) is 0. The number of rotatable bonds is 16. The van der Waals surface area contributed by atoms with E-state index in [1.807, 2.05) is 30.3 Å². The molecule has 148 valence electrons. The molecule has 0 aliphatic rings. The molecular weight excluding hydrogens is 320 g/mol. The molecule has 0 aromatic heterocycles. The summed E-state index contributed by atoms with van der Waals surface area (Å²) < 4.78 is 5.44. The van der Waals surface area contributed by atoms with Crippen LogP contribution in [0.25, 0.3) is 0 Å². The van der Waals surface area contributed by atoms with Gasteiger partial charge in [0.25, 0.3) is 0 Å². The molecule has 1 atom stereocenters. The maximum absolute atomic E-state index is 12.1. The van der Waals surface area contributed by atoms with Gasteiger partial charge in [-0.25, -0.2) is 0 Å². The van der Waals surface area contributed by atoms with Gasteiger partial charge < -0.3 is 4.74 Å². The highest BCUT2D eigenvalue weighted by Gasteiger charge is 2.13. The molecule has 26 heavy (non-hydrogen) atoms. The number of carbonyl (C=O) groups is 1. The van der Waals surface area contributed by atoms with E-state index in [1.54, 1.807) is 0 Å². The first kappa shape index (κ1) is 22.7. The Bertz CT molecular complexity index is 441. The van der Waals surface area contributed by atoms with E-state index in [0.29, 0.717) is 18.1 Å². The van der Waals surface area contributed by atoms with Crippen LogP contribution in [0.5, 0.6) is 5.75 Å². The summed E-state index contributed by atoms with van der Waals surface area (Å²) in [5.41, 5.74) is 0. The number of benzene rings is 1. The Hall–Kier alpha value is -1.31. The van der Waals surface area contributed by atoms with Crippen LogP contribution in [0.15, 0.2) is 30.3 Å². The minimum atomic E-state index is -0.0855. The normalized spacial score (nSPS) is 12.1. The van der Waals surface area contributed by atoms with E-state index in [4.69, 9.17) is 4.74 Å². The van der Waals surface area contributed by atoms with Crippen molar-refractivity contribution in [3.05, 3.63) is 30.3 Å². The van der Waals surface area contributed by atoms with E-state index in [-0.39, 0.29) is 5.97 Å². The Morgan fingerprint density at radius 1 is 0.769 bits per heavy atom. The quantitative estimate of drug-likeness (QED) is 0.171. The fraction of sp³-hybridized carbons (Fsp3) is 0.708. The Labute approximate surface area is 161 Å². The maximum Gasteiger partial charge on any atom is 0.311 e. The summed E-state index contributed by atoms with van der Waals surface area (Å²) >= 11 is 0. The Balaban J connectivity index is 2.28. The van der Waals surface area contributed by atoms with Crippen molar-refractivity contribution < 1.29 is 9.53 Å². The van der Waals surface area contributed by atoms with Crippen LogP contribution in [0.1, 0.15) is 104 Å². The molecule has 2 nitrogen and oxygen atoms in total. The van der Waals surface area contributed by atoms with Gasteiger partial charge in [0.15, 0.2) is 0 Å². The van der Waals surface area contributed by atoms with E-state index >= 15 is 0 Å². The molecule has 0 N–H and O–H groups in total. The highest BCUT2D eigenvalue weighted by atomic mass is 16.5. The lowest BCUT2D eigenvalue weighted by Crippen LogP contribution is -2.11. The largest absolute Gasteiger partial charge is 0.427 e. The molecule has 0 amide bonds. The van der Waals surface area contributed by atoms with Gasteiger partial charge in [-0.05, 0) is 24.5 Å². The first-order valence-corrected chi connectivity index (χ1v) is 11.0. The van der Waals surface area contributed by atoms with Crippen molar-refractivity contribution in [3.63, 3.8) is 0 Å². The molecule has 0 saturated heterocycles. The number of hydrogen-bond donors (Lipinski definition) is 0. The zero-order chi connectivity index (χ0) is 18.9. The molecule has 0 heterocycles. The van der Waals surface area contributed by atoms with E-state index in [2.05, 4.69) is 13.8 Å². The van der Waals surface area contributed by atoms with Crippen LogP contribution in [0.3, 0.4) is 0 Å². The van der Waals surface area contributed by atoms with Gasteiger partial charge in [0, 0.05) is 6.42 Å². The summed E-state index contributed by atoms with van der Waals surface area (Å²) in [6.45, 7) is 4.52. The molecule has 0 aliphatic carbocycles. The second kappa shape index (κ2) is 15.9. The van der Waals surface area contributed by atoms with Crippen molar-refractivity contribution in [2.24, 2.45) is 5.92 Å². The number of para-hydroxylation sites is 1. The third kappa shape index (κ3) is 12.1. The van der Waals surface area contributed by atoms with Crippen LogP contribution >= 0.6 is 0 Å². The van der Waals surface area contributed by atoms with Crippen molar-refractivity contribution in [1.29, 1.82) is 0 Å². The van der Waals surface area contributed by atoms with E-state index in [0.717, 1.165) is 6.42 Å². The van der Waals surface area contributed by atoms with Gasteiger partial charge in [0.1, 0.15) is 5.75 Å². The van der Waals surface area contributed by atoms with Crippen molar-refractivity contribution in [1.82, 2.24) is 0 Å². The lowest BCUT2D eigenvalue weighted by Gasteiger charge is -2.16. The van der Waals surface area contributed by atoms with Crippen LogP contribution in [0.4, 0.5) is 0 Å². The zero-order valence-corrected chi connectivity index (χ0v) is 17.2. The molecule has 1 rings (SSSR count). The van der Waals surface area contributed by atoms with Crippen LogP contribution in [0.2, 0.25) is 0 Å². The first-order valence-electron chi connectivity index (χ1n) is 11.0. The molecule has 1 aromatic carbocycles. The molecule has 1 aromatic rings. The minimum absolute atomic E-state index is 0.0855. The maximum atomic E-state index is 12.1. The van der Waals surface area contributed by atoms with Crippen molar-refractivity contribution in [3.8, 4) is 5.75 Å². The van der Waals surface area contributed by atoms with Gasteiger partial charge in [0.05, 0.1) is 0 Å². The Morgan fingerprint density at radius 2 is 1.31 bits per heavy atom. The number of carbonyl (C=O) groups excluding carboxylic acids is 1. The molecule has 0 spiro atoms. The predicted octanol–water partition coefficient (Wildman–Crippen LogP) is 7.71. The van der Waals surface area contributed by atoms with Crippen molar-refractivity contribution in [2.75, 3.05) is 0 Å². The van der Waals surface area contributed by atoms with Gasteiger partial charge >= 0.3 is 5.97 Å². The minimum Gasteiger partial charge on any atom is -0.427 e. The number of esters is 1. The molecular formula is C24H40O2. The molecule has 0 bridgehead atoms. The van der Waals surface area contributed by atoms with Gasteiger partial charge in [0.2, 0.25) is 0 Å². The SMILES string of the molecule is CCCCCCCCC(CCCCCC)CCC(=O)Oc1ccccc1. The highest BCUT2D eigenvalue weighted by Crippen LogP contribution is 2.23. The fourth-order valence-corrected chi connectivity index (χ4v) is 3.50. The standard InChI is InChI=1S/C24H40O2/c1-3-5-7-9-10-13-17-22(16-12-8-6-4-2)20-21-24(25)26-23-18-14-11-15-19-23/h11,14-15,18-19,22H,3-10,12-13,16-17,20-21H2,1-2H3. The molecule has 2 heteroatoms. The second-order valence-corrected chi connectivity index (χ2v) is 7.60. The monoisotopic (exact) mass is 360 g/mol. The van der Waals surface area contributed by atoms with Gasteiger partial charge in [-0.15, -0.1) is 0 Å².